The largest absolute Gasteiger partial charge is 0.394 e. The van der Waals surface area contributed by atoms with E-state index in [1.54, 1.807) is 0 Å². The van der Waals surface area contributed by atoms with Crippen LogP contribution < -0.4 is 0 Å². The minimum Gasteiger partial charge on any atom is -0.394 e. The molecule has 22 heavy (non-hydrogen) atoms. The lowest BCUT2D eigenvalue weighted by Gasteiger charge is -2.24. The first-order chi connectivity index (χ1) is 10.5. The summed E-state index contributed by atoms with van der Waals surface area (Å²) in [6, 6.07) is 0. The molecular formula is C16H30O6. The standard InChI is InChI=1S/C16H30O6/c1-2-11(18)14-7-8-16(22-14)13(20)5-4-12(19)15-6-3-10(9-17)21-15/h10-20H,2-9H2,1H3/t10-,11+,12+,13+,14-,15+,16+/m1/s1. The molecule has 0 aromatic heterocycles. The minimum absolute atomic E-state index is 0.0110. The predicted molar refractivity (Wildman–Crippen MR) is 80.4 cm³/mol. The van der Waals surface area contributed by atoms with Crippen molar-refractivity contribution in [2.45, 2.75) is 94.6 Å². The highest BCUT2D eigenvalue weighted by Gasteiger charge is 2.35. The topological polar surface area (TPSA) is 99.4 Å². The van der Waals surface area contributed by atoms with Crippen molar-refractivity contribution >= 4 is 0 Å². The molecule has 6 heteroatoms. The Morgan fingerprint density at radius 1 is 0.818 bits per heavy atom. The van der Waals surface area contributed by atoms with Gasteiger partial charge in [0, 0.05) is 0 Å². The Kier molecular flexibility index (Phi) is 7.05. The second-order valence-corrected chi connectivity index (χ2v) is 6.53. The second-order valence-electron chi connectivity index (χ2n) is 6.53. The molecule has 0 spiro atoms. The zero-order valence-electron chi connectivity index (χ0n) is 13.3. The summed E-state index contributed by atoms with van der Waals surface area (Å²) in [7, 11) is 0. The molecule has 0 saturated carbocycles. The number of hydrogen-bond donors (Lipinski definition) is 4. The van der Waals surface area contributed by atoms with Crippen molar-refractivity contribution in [1.29, 1.82) is 0 Å². The lowest BCUT2D eigenvalue weighted by Crippen LogP contribution is -2.33. The molecule has 0 radical (unpaired) electrons. The van der Waals surface area contributed by atoms with E-state index >= 15 is 0 Å². The molecule has 0 bridgehead atoms. The summed E-state index contributed by atoms with van der Waals surface area (Å²) in [5.74, 6) is 0. The Bertz CT molecular complexity index is 326. The van der Waals surface area contributed by atoms with E-state index in [-0.39, 0.29) is 31.0 Å². The van der Waals surface area contributed by atoms with Crippen molar-refractivity contribution in [3.63, 3.8) is 0 Å². The van der Waals surface area contributed by atoms with E-state index in [0.717, 1.165) is 25.7 Å². The van der Waals surface area contributed by atoms with Gasteiger partial charge >= 0.3 is 0 Å². The zero-order chi connectivity index (χ0) is 16.1. The summed E-state index contributed by atoms with van der Waals surface area (Å²) in [5.41, 5.74) is 0. The van der Waals surface area contributed by atoms with E-state index < -0.39 is 18.3 Å². The third-order valence-corrected chi connectivity index (χ3v) is 4.89. The lowest BCUT2D eigenvalue weighted by atomic mass is 9.99. The monoisotopic (exact) mass is 318 g/mol. The molecule has 2 saturated heterocycles. The molecule has 130 valence electrons. The molecule has 2 heterocycles. The van der Waals surface area contributed by atoms with Crippen LogP contribution in [-0.2, 0) is 9.47 Å². The van der Waals surface area contributed by atoms with Crippen LogP contribution in [0.25, 0.3) is 0 Å². The van der Waals surface area contributed by atoms with Gasteiger partial charge in [-0.2, -0.15) is 0 Å². The van der Waals surface area contributed by atoms with E-state index in [1.165, 1.54) is 0 Å². The number of aliphatic hydroxyl groups excluding tert-OH is 4. The van der Waals surface area contributed by atoms with E-state index in [4.69, 9.17) is 14.6 Å². The maximum absolute atomic E-state index is 10.2. The molecule has 2 fully saturated rings. The van der Waals surface area contributed by atoms with Gasteiger partial charge in [0.25, 0.3) is 0 Å². The highest BCUT2D eigenvalue weighted by molar-refractivity contribution is 4.84. The van der Waals surface area contributed by atoms with Crippen LogP contribution in [-0.4, -0.2) is 69.8 Å². The maximum Gasteiger partial charge on any atom is 0.0840 e. The van der Waals surface area contributed by atoms with Crippen molar-refractivity contribution in [1.82, 2.24) is 0 Å². The van der Waals surface area contributed by atoms with Crippen molar-refractivity contribution < 1.29 is 29.9 Å². The molecular weight excluding hydrogens is 288 g/mol. The normalized spacial score (nSPS) is 36.4. The molecule has 2 rings (SSSR count). The van der Waals surface area contributed by atoms with Crippen molar-refractivity contribution in [3.8, 4) is 0 Å². The van der Waals surface area contributed by atoms with Gasteiger partial charge in [0.1, 0.15) is 0 Å². The first kappa shape index (κ1) is 18.1. The summed E-state index contributed by atoms with van der Waals surface area (Å²) >= 11 is 0. The van der Waals surface area contributed by atoms with Crippen LogP contribution in [0, 0.1) is 0 Å². The minimum atomic E-state index is -0.626. The van der Waals surface area contributed by atoms with Gasteiger partial charge in [0.2, 0.25) is 0 Å². The summed E-state index contributed by atoms with van der Waals surface area (Å²) < 4.78 is 11.3. The van der Waals surface area contributed by atoms with Gasteiger partial charge in [-0.1, -0.05) is 6.92 Å². The Morgan fingerprint density at radius 3 is 1.82 bits per heavy atom. The summed E-state index contributed by atoms with van der Waals surface area (Å²) in [6.45, 7) is 1.90. The summed E-state index contributed by atoms with van der Waals surface area (Å²) in [6.07, 6.45) is 2.00. The number of rotatable bonds is 8. The Balaban J connectivity index is 1.68. The van der Waals surface area contributed by atoms with Crippen LogP contribution in [0.3, 0.4) is 0 Å². The summed E-state index contributed by atoms with van der Waals surface area (Å²) in [4.78, 5) is 0. The average Bonchev–Trinajstić information content (AvgIpc) is 3.20. The first-order valence-electron chi connectivity index (χ1n) is 8.51. The van der Waals surface area contributed by atoms with Crippen molar-refractivity contribution in [3.05, 3.63) is 0 Å². The van der Waals surface area contributed by atoms with Crippen LogP contribution >= 0.6 is 0 Å². The van der Waals surface area contributed by atoms with E-state index in [2.05, 4.69) is 0 Å². The fraction of sp³-hybridized carbons (Fsp3) is 1.00. The second kappa shape index (κ2) is 8.57. The van der Waals surface area contributed by atoms with Crippen LogP contribution in [0.4, 0.5) is 0 Å². The molecule has 0 aromatic rings. The van der Waals surface area contributed by atoms with Gasteiger partial charge in [-0.25, -0.2) is 0 Å². The fourth-order valence-electron chi connectivity index (χ4n) is 3.38. The maximum atomic E-state index is 10.2. The molecule has 0 amide bonds. The third kappa shape index (κ3) is 4.63. The smallest absolute Gasteiger partial charge is 0.0840 e. The van der Waals surface area contributed by atoms with Crippen molar-refractivity contribution in [2.75, 3.05) is 6.61 Å². The number of aliphatic hydroxyl groups is 4. The Morgan fingerprint density at radius 2 is 1.32 bits per heavy atom. The molecule has 0 unspecified atom stereocenters. The molecule has 6 nitrogen and oxygen atoms in total. The molecule has 4 N–H and O–H groups in total. The van der Waals surface area contributed by atoms with Crippen molar-refractivity contribution in [2.24, 2.45) is 0 Å². The highest BCUT2D eigenvalue weighted by atomic mass is 16.5. The Labute approximate surface area is 132 Å². The van der Waals surface area contributed by atoms with Crippen LogP contribution in [0.1, 0.15) is 51.9 Å². The van der Waals surface area contributed by atoms with Crippen LogP contribution in [0.5, 0.6) is 0 Å². The van der Waals surface area contributed by atoms with Gasteiger partial charge in [-0.3, -0.25) is 0 Å². The quantitative estimate of drug-likeness (QED) is 0.515. The SMILES string of the molecule is CC[C@H](O)[C@H]1CC[C@@H]([C@@H](O)CC[C@H](O)[C@@H]2CC[C@H](CO)O2)O1. The first-order valence-corrected chi connectivity index (χ1v) is 8.51. The number of ether oxygens (including phenoxy) is 2. The number of hydrogen-bond acceptors (Lipinski definition) is 6. The lowest BCUT2D eigenvalue weighted by molar-refractivity contribution is -0.0850. The molecule has 0 aromatic carbocycles. The predicted octanol–water partition coefficient (Wildman–Crippen LogP) is 0.347. The highest BCUT2D eigenvalue weighted by Crippen LogP contribution is 2.28. The van der Waals surface area contributed by atoms with Gasteiger partial charge in [-0.05, 0) is 44.9 Å². The van der Waals surface area contributed by atoms with E-state index in [1.807, 2.05) is 6.92 Å². The third-order valence-electron chi connectivity index (χ3n) is 4.89. The fourth-order valence-corrected chi connectivity index (χ4v) is 3.38. The van der Waals surface area contributed by atoms with Gasteiger partial charge in [0.05, 0.1) is 49.3 Å². The zero-order valence-corrected chi connectivity index (χ0v) is 13.3. The molecule has 2 aliphatic heterocycles. The van der Waals surface area contributed by atoms with E-state index in [9.17, 15) is 15.3 Å². The van der Waals surface area contributed by atoms with Gasteiger partial charge in [-0.15, -0.1) is 0 Å². The molecule has 7 atom stereocenters. The Hall–Kier alpha value is -0.240. The van der Waals surface area contributed by atoms with Gasteiger partial charge in [0.15, 0.2) is 0 Å². The van der Waals surface area contributed by atoms with Crippen LogP contribution in [0.15, 0.2) is 0 Å². The van der Waals surface area contributed by atoms with Gasteiger partial charge < -0.3 is 29.9 Å². The molecule has 0 aliphatic carbocycles. The van der Waals surface area contributed by atoms with Crippen LogP contribution in [0.2, 0.25) is 0 Å². The summed E-state index contributed by atoms with van der Waals surface area (Å²) in [5, 5.41) is 39.2. The average molecular weight is 318 g/mol. The van der Waals surface area contributed by atoms with E-state index in [0.29, 0.717) is 19.3 Å². The molecule has 2 aliphatic rings.